The van der Waals surface area contributed by atoms with E-state index in [2.05, 4.69) is 48.2 Å². The molecule has 1 unspecified atom stereocenters. The van der Waals surface area contributed by atoms with Crippen LogP contribution in [0.1, 0.15) is 6.92 Å². The van der Waals surface area contributed by atoms with Crippen molar-refractivity contribution in [2.45, 2.75) is 13.0 Å². The zero-order chi connectivity index (χ0) is 12.0. The van der Waals surface area contributed by atoms with Crippen LogP contribution in [0.15, 0.2) is 62.1 Å². The Kier molecular flexibility index (Phi) is 8.17. The van der Waals surface area contributed by atoms with E-state index in [1.165, 1.54) is 39.1 Å². The van der Waals surface area contributed by atoms with E-state index in [0.717, 1.165) is 10.8 Å². The number of rotatable bonds is 1. The monoisotopic (exact) mass is 423 g/mol. The zero-order valence-electron chi connectivity index (χ0n) is 10.6. The second-order valence-corrected chi connectivity index (χ2v) is 5.91. The predicted molar refractivity (Wildman–Crippen MR) is 67.4 cm³/mol. The molecule has 0 amide bonds. The van der Waals surface area contributed by atoms with Gasteiger partial charge in [-0.3, -0.25) is 0 Å². The van der Waals surface area contributed by atoms with Gasteiger partial charge in [0.15, 0.2) is 0 Å². The minimum atomic E-state index is 0. The van der Waals surface area contributed by atoms with Gasteiger partial charge >= 0.3 is 122 Å². The average molecular weight is 426 g/mol. The summed E-state index contributed by atoms with van der Waals surface area (Å²) in [5.41, 5.74) is 3.86. The molecule has 0 aromatic heterocycles. The molecule has 1 nitrogen and oxygen atoms in total. The van der Waals surface area contributed by atoms with Crippen molar-refractivity contribution in [2.24, 2.45) is 0 Å². The number of benzene rings is 1. The molecule has 104 valence electrons. The minimum Gasteiger partial charge on any atom is -1.00 e. The van der Waals surface area contributed by atoms with E-state index >= 15 is 0 Å². The van der Waals surface area contributed by atoms with Crippen LogP contribution >= 0.6 is 11.6 Å². The Morgan fingerprint density at radius 2 is 1.70 bits per heavy atom. The summed E-state index contributed by atoms with van der Waals surface area (Å²) >= 11 is 7.85. The first kappa shape index (κ1) is 20.3. The molecule has 0 saturated carbocycles. The molecule has 2 aliphatic rings. The second-order valence-electron chi connectivity index (χ2n) is 4.33. The molecule has 0 bridgehead atoms. The Morgan fingerprint density at radius 3 is 2.30 bits per heavy atom. The van der Waals surface area contributed by atoms with Crippen LogP contribution in [0.2, 0.25) is 0 Å². The number of halogens is 4. The molecule has 20 heavy (non-hydrogen) atoms. The van der Waals surface area contributed by atoms with E-state index in [-0.39, 0.29) is 37.2 Å². The molecular formula is C14H11Cl4NZr. The first-order valence-corrected chi connectivity index (χ1v) is 7.15. The summed E-state index contributed by atoms with van der Waals surface area (Å²) in [5, 5.41) is 0.884. The number of hydrogen-bond acceptors (Lipinski definition) is 1. The Morgan fingerprint density at radius 1 is 1.10 bits per heavy atom. The van der Waals surface area contributed by atoms with Gasteiger partial charge in [-0.25, -0.2) is 0 Å². The van der Waals surface area contributed by atoms with Crippen LogP contribution in [0, 0.1) is 0 Å². The molecule has 1 aromatic rings. The molecule has 1 heterocycles. The third-order valence-electron chi connectivity index (χ3n) is 3.14. The van der Waals surface area contributed by atoms with Gasteiger partial charge in [0.1, 0.15) is 0 Å². The maximum atomic E-state index is 6.47. The number of para-hydroxylation sites is 1. The van der Waals surface area contributed by atoms with E-state index in [9.17, 15) is 0 Å². The Balaban J connectivity index is 0.00000120. The van der Waals surface area contributed by atoms with Crippen LogP contribution in [0.5, 0.6) is 0 Å². The largest absolute Gasteiger partial charge is 1.00 e. The van der Waals surface area contributed by atoms with Crippen LogP contribution in [0.3, 0.4) is 0 Å². The van der Waals surface area contributed by atoms with Gasteiger partial charge < -0.3 is 37.2 Å². The molecule has 1 atom stereocenters. The van der Waals surface area contributed by atoms with E-state index in [1.54, 1.807) is 0 Å². The summed E-state index contributed by atoms with van der Waals surface area (Å²) < 4.78 is 1.28. The van der Waals surface area contributed by atoms with Gasteiger partial charge in [0.2, 0.25) is 0 Å². The van der Waals surface area contributed by atoms with Crippen molar-refractivity contribution in [1.29, 1.82) is 0 Å². The Labute approximate surface area is 158 Å². The van der Waals surface area contributed by atoms with Gasteiger partial charge in [-0.05, 0) is 0 Å². The molecule has 0 spiro atoms. The number of anilines is 1. The molecule has 3 rings (SSSR count). The Hall–Kier alpha value is 0.283. The van der Waals surface area contributed by atoms with E-state index in [0.29, 0.717) is 6.04 Å². The van der Waals surface area contributed by atoms with Crippen LogP contribution in [0.25, 0.3) is 0 Å². The number of hydrogen-bond donors (Lipinski definition) is 0. The first-order valence-electron chi connectivity index (χ1n) is 5.54. The van der Waals surface area contributed by atoms with Crippen LogP contribution in [-0.4, -0.2) is 6.04 Å². The van der Waals surface area contributed by atoms with Crippen LogP contribution in [0.4, 0.5) is 5.69 Å². The first-order chi connectivity index (χ1) is 8.18. The maximum absolute atomic E-state index is 6.47. The van der Waals surface area contributed by atoms with Gasteiger partial charge in [0.25, 0.3) is 0 Å². The molecule has 0 saturated heterocycles. The molecule has 0 fully saturated rings. The standard InChI is InChI=1S/C14H11ClN.3ClH.Zr/c1-10-7-11-9-14(15)16(13(11)8-10)12-5-3-2-4-6-12;;;;/h2-8,13H,1H3;3*1H;/q;;;;+3/p-3. The summed E-state index contributed by atoms with van der Waals surface area (Å²) in [5.74, 6) is 0. The summed E-state index contributed by atoms with van der Waals surface area (Å²) in [6.07, 6.45) is 4.53. The fourth-order valence-electron chi connectivity index (χ4n) is 2.38. The summed E-state index contributed by atoms with van der Waals surface area (Å²) in [7, 11) is 0. The number of nitrogens with zero attached hydrogens (tertiary/aromatic N) is 1. The van der Waals surface area contributed by atoms with Crippen molar-refractivity contribution in [3.8, 4) is 0 Å². The van der Waals surface area contributed by atoms with Crippen molar-refractivity contribution in [1.82, 2.24) is 0 Å². The number of fused-ring (bicyclic) bond motifs is 1. The molecule has 0 radical (unpaired) electrons. The molecule has 1 aliphatic heterocycles. The van der Waals surface area contributed by atoms with Gasteiger partial charge in [0, 0.05) is 0 Å². The quantitative estimate of drug-likeness (QED) is 0.406. The average Bonchev–Trinajstić information content (AvgIpc) is 2.80. The van der Waals surface area contributed by atoms with Crippen molar-refractivity contribution in [2.75, 3.05) is 4.90 Å². The fraction of sp³-hybridized carbons (Fsp3) is 0.143. The van der Waals surface area contributed by atoms with Gasteiger partial charge in [0.05, 0.1) is 0 Å². The van der Waals surface area contributed by atoms with Crippen molar-refractivity contribution in [3.63, 3.8) is 0 Å². The molecular weight excluding hydrogens is 415 g/mol. The van der Waals surface area contributed by atoms with E-state index < -0.39 is 0 Å². The Bertz CT molecular complexity index is 566. The van der Waals surface area contributed by atoms with Crippen LogP contribution < -0.4 is 42.1 Å². The maximum Gasteiger partial charge on any atom is -1.00 e. The molecule has 1 aliphatic carbocycles. The minimum absolute atomic E-state index is 0. The predicted octanol–water partition coefficient (Wildman–Crippen LogP) is -5.27. The summed E-state index contributed by atoms with van der Waals surface area (Å²) in [6.45, 7) is 2.14. The second kappa shape index (κ2) is 8.06. The molecule has 1 aromatic carbocycles. The van der Waals surface area contributed by atoms with Crippen LogP contribution in [-0.2, 0) is 24.7 Å². The molecule has 0 N–H and O–H groups in total. The van der Waals surface area contributed by atoms with Crippen molar-refractivity contribution < 1.29 is 61.9 Å². The van der Waals surface area contributed by atoms with E-state index in [4.69, 9.17) is 11.6 Å². The van der Waals surface area contributed by atoms with Crippen molar-refractivity contribution in [3.05, 3.63) is 62.1 Å². The zero-order valence-corrected chi connectivity index (χ0v) is 16.1. The third kappa shape index (κ3) is 3.37. The molecule has 6 heteroatoms. The number of allylic oxidation sites excluding steroid dienone is 2. The SMILES string of the molecule is CC1=CC2C(=C1)[C]([Zr+3])=C(Cl)N2c1ccccc1.[Cl-].[Cl-].[Cl-]. The topological polar surface area (TPSA) is 3.24 Å². The van der Waals surface area contributed by atoms with Gasteiger partial charge in [-0.1, -0.05) is 0 Å². The third-order valence-corrected chi connectivity index (χ3v) is 5.19. The van der Waals surface area contributed by atoms with Crippen molar-refractivity contribution >= 4 is 17.3 Å². The fourth-order valence-corrected chi connectivity index (χ4v) is 3.52. The summed E-state index contributed by atoms with van der Waals surface area (Å²) in [6, 6.07) is 10.7. The smallest absolute Gasteiger partial charge is 1.00 e. The summed E-state index contributed by atoms with van der Waals surface area (Å²) in [4.78, 5) is 2.22. The van der Waals surface area contributed by atoms with E-state index in [1.807, 2.05) is 6.07 Å². The normalized spacial score (nSPS) is 19.4. The van der Waals surface area contributed by atoms with Gasteiger partial charge in [-0.15, -0.1) is 0 Å². The van der Waals surface area contributed by atoms with Gasteiger partial charge in [-0.2, -0.15) is 0 Å².